The molecule has 1 aromatic rings. The maximum absolute atomic E-state index is 10.4. The molecule has 1 N–H and O–H groups in total. The molecule has 0 aliphatic carbocycles. The summed E-state index contributed by atoms with van der Waals surface area (Å²) in [5, 5.41) is 10.4. The second-order valence-corrected chi connectivity index (χ2v) is 5.15. The third-order valence-electron chi connectivity index (χ3n) is 3.80. The molecule has 2 rings (SSSR count). The molecule has 0 amide bonds. The number of hydrogen-bond donors (Lipinski definition) is 1. The van der Waals surface area contributed by atoms with E-state index in [1.54, 1.807) is 0 Å². The zero-order valence-electron chi connectivity index (χ0n) is 12.4. The molecule has 4 heteroatoms. The van der Waals surface area contributed by atoms with Gasteiger partial charge in [0.05, 0.1) is 25.9 Å². The van der Waals surface area contributed by atoms with Crippen molar-refractivity contribution in [3.63, 3.8) is 0 Å². The van der Waals surface area contributed by atoms with Gasteiger partial charge >= 0.3 is 0 Å². The van der Waals surface area contributed by atoms with E-state index in [1.165, 1.54) is 0 Å². The lowest BCUT2D eigenvalue weighted by atomic mass is 10.1. The molecule has 1 aliphatic rings. The van der Waals surface area contributed by atoms with Gasteiger partial charge in [0.1, 0.15) is 5.75 Å². The van der Waals surface area contributed by atoms with Crippen molar-refractivity contribution in [3.8, 4) is 5.75 Å². The van der Waals surface area contributed by atoms with Gasteiger partial charge in [-0.3, -0.25) is 4.90 Å². The summed E-state index contributed by atoms with van der Waals surface area (Å²) in [4.78, 5) is 2.32. The minimum absolute atomic E-state index is 0.418. The fraction of sp³-hybridized carbons (Fsp3) is 0.625. The zero-order valence-corrected chi connectivity index (χ0v) is 12.4. The minimum atomic E-state index is -0.460. The average Bonchev–Trinajstić information content (AvgIpc) is 2.49. The van der Waals surface area contributed by atoms with Crippen LogP contribution >= 0.6 is 0 Å². The van der Waals surface area contributed by atoms with Gasteiger partial charge in [0, 0.05) is 19.1 Å². The molecule has 0 bridgehead atoms. The molecule has 2 atom stereocenters. The van der Waals surface area contributed by atoms with Crippen LogP contribution in [0.3, 0.4) is 0 Å². The molecule has 0 radical (unpaired) electrons. The maximum Gasteiger partial charge on any atom is 0.119 e. The summed E-state index contributed by atoms with van der Waals surface area (Å²) in [6, 6.07) is 8.13. The number of aliphatic hydroxyl groups is 1. The maximum atomic E-state index is 10.4. The van der Waals surface area contributed by atoms with Crippen molar-refractivity contribution in [1.82, 2.24) is 4.90 Å². The highest BCUT2D eigenvalue weighted by molar-refractivity contribution is 5.28. The molecule has 1 fully saturated rings. The van der Waals surface area contributed by atoms with E-state index < -0.39 is 6.10 Å². The number of β-amino-alcohol motifs (C(OH)–C–C–N with tert-alkyl or cyclic N) is 1. The van der Waals surface area contributed by atoms with Crippen LogP contribution in [0.1, 0.15) is 31.9 Å². The SMILES string of the molecule is CCOc1ccc(C(O)CN2CCOCC2CC)cc1. The molecule has 1 aliphatic heterocycles. The van der Waals surface area contributed by atoms with E-state index in [-0.39, 0.29) is 0 Å². The lowest BCUT2D eigenvalue weighted by Gasteiger charge is -2.36. The van der Waals surface area contributed by atoms with Crippen molar-refractivity contribution in [2.45, 2.75) is 32.4 Å². The predicted molar refractivity (Wildman–Crippen MR) is 79.0 cm³/mol. The predicted octanol–water partition coefficient (Wildman–Crippen LogP) is 2.23. The average molecular weight is 279 g/mol. The molecule has 0 spiro atoms. The Bertz CT molecular complexity index is 393. The molecular weight excluding hydrogens is 254 g/mol. The Kier molecular flexibility index (Phi) is 5.83. The summed E-state index contributed by atoms with van der Waals surface area (Å²) in [6.07, 6.45) is 0.591. The summed E-state index contributed by atoms with van der Waals surface area (Å²) in [6.45, 7) is 7.87. The lowest BCUT2D eigenvalue weighted by Crippen LogP contribution is -2.46. The smallest absolute Gasteiger partial charge is 0.119 e. The molecule has 0 aromatic heterocycles. The van der Waals surface area contributed by atoms with Gasteiger partial charge in [-0.2, -0.15) is 0 Å². The van der Waals surface area contributed by atoms with Gasteiger partial charge in [-0.05, 0) is 31.0 Å². The topological polar surface area (TPSA) is 41.9 Å². The van der Waals surface area contributed by atoms with E-state index in [2.05, 4.69) is 11.8 Å². The highest BCUT2D eigenvalue weighted by Gasteiger charge is 2.23. The van der Waals surface area contributed by atoms with Gasteiger partial charge in [-0.15, -0.1) is 0 Å². The van der Waals surface area contributed by atoms with Crippen molar-refractivity contribution in [2.24, 2.45) is 0 Å². The first-order valence-corrected chi connectivity index (χ1v) is 7.47. The Morgan fingerprint density at radius 1 is 1.35 bits per heavy atom. The highest BCUT2D eigenvalue weighted by atomic mass is 16.5. The van der Waals surface area contributed by atoms with Gasteiger partial charge in [-0.1, -0.05) is 19.1 Å². The van der Waals surface area contributed by atoms with Crippen molar-refractivity contribution in [3.05, 3.63) is 29.8 Å². The summed E-state index contributed by atoms with van der Waals surface area (Å²) < 4.78 is 10.9. The summed E-state index contributed by atoms with van der Waals surface area (Å²) in [7, 11) is 0. The normalized spacial score (nSPS) is 21.6. The second-order valence-electron chi connectivity index (χ2n) is 5.15. The summed E-state index contributed by atoms with van der Waals surface area (Å²) >= 11 is 0. The van der Waals surface area contributed by atoms with Crippen LogP contribution in [0.15, 0.2) is 24.3 Å². The minimum Gasteiger partial charge on any atom is -0.494 e. The second kappa shape index (κ2) is 7.62. The third kappa shape index (κ3) is 3.95. The van der Waals surface area contributed by atoms with Crippen LogP contribution in [0.5, 0.6) is 5.75 Å². The van der Waals surface area contributed by atoms with Gasteiger partial charge in [-0.25, -0.2) is 0 Å². The first-order chi connectivity index (χ1) is 9.74. The summed E-state index contributed by atoms with van der Waals surface area (Å²) in [5.74, 6) is 0.848. The monoisotopic (exact) mass is 279 g/mol. The number of morpholine rings is 1. The number of rotatable bonds is 6. The molecule has 20 heavy (non-hydrogen) atoms. The van der Waals surface area contributed by atoms with Crippen molar-refractivity contribution in [1.29, 1.82) is 0 Å². The summed E-state index contributed by atoms with van der Waals surface area (Å²) in [5.41, 5.74) is 0.940. The van der Waals surface area contributed by atoms with E-state index in [0.717, 1.165) is 37.5 Å². The van der Waals surface area contributed by atoms with E-state index in [0.29, 0.717) is 19.2 Å². The third-order valence-corrected chi connectivity index (χ3v) is 3.80. The number of ether oxygens (including phenoxy) is 2. The Morgan fingerprint density at radius 3 is 2.75 bits per heavy atom. The van der Waals surface area contributed by atoms with Gasteiger partial charge in [0.15, 0.2) is 0 Å². The molecule has 1 heterocycles. The number of benzene rings is 1. The Hall–Kier alpha value is -1.10. The van der Waals surface area contributed by atoms with E-state index >= 15 is 0 Å². The van der Waals surface area contributed by atoms with Crippen LogP contribution < -0.4 is 4.74 Å². The lowest BCUT2D eigenvalue weighted by molar-refractivity contribution is -0.0277. The van der Waals surface area contributed by atoms with Crippen molar-refractivity contribution in [2.75, 3.05) is 32.9 Å². The fourth-order valence-electron chi connectivity index (χ4n) is 2.59. The largest absolute Gasteiger partial charge is 0.494 e. The molecular formula is C16H25NO3. The van der Waals surface area contributed by atoms with Crippen LogP contribution in [0.25, 0.3) is 0 Å². The highest BCUT2D eigenvalue weighted by Crippen LogP contribution is 2.21. The fourth-order valence-corrected chi connectivity index (χ4v) is 2.59. The van der Waals surface area contributed by atoms with Gasteiger partial charge in [0.2, 0.25) is 0 Å². The number of aliphatic hydroxyl groups excluding tert-OH is 1. The number of hydrogen-bond acceptors (Lipinski definition) is 4. The van der Waals surface area contributed by atoms with Crippen LogP contribution in [0, 0.1) is 0 Å². The molecule has 0 saturated carbocycles. The van der Waals surface area contributed by atoms with E-state index in [9.17, 15) is 5.11 Å². The molecule has 112 valence electrons. The van der Waals surface area contributed by atoms with Gasteiger partial charge in [0.25, 0.3) is 0 Å². The van der Waals surface area contributed by atoms with Crippen LogP contribution in [-0.4, -0.2) is 49.0 Å². The van der Waals surface area contributed by atoms with Crippen LogP contribution in [-0.2, 0) is 4.74 Å². The molecule has 1 aromatic carbocycles. The Morgan fingerprint density at radius 2 is 2.10 bits per heavy atom. The standard InChI is InChI=1S/C16H25NO3/c1-3-14-12-19-10-9-17(14)11-16(18)13-5-7-15(8-6-13)20-4-2/h5-8,14,16,18H,3-4,9-12H2,1-2H3. The van der Waals surface area contributed by atoms with E-state index in [1.807, 2.05) is 31.2 Å². The molecule has 1 saturated heterocycles. The van der Waals surface area contributed by atoms with Crippen molar-refractivity contribution < 1.29 is 14.6 Å². The number of nitrogens with zero attached hydrogens (tertiary/aromatic N) is 1. The first kappa shape index (κ1) is 15.3. The van der Waals surface area contributed by atoms with Gasteiger partial charge < -0.3 is 14.6 Å². The van der Waals surface area contributed by atoms with Crippen LogP contribution in [0.2, 0.25) is 0 Å². The molecule has 4 nitrogen and oxygen atoms in total. The van der Waals surface area contributed by atoms with Crippen LogP contribution in [0.4, 0.5) is 0 Å². The Balaban J connectivity index is 1.94. The first-order valence-electron chi connectivity index (χ1n) is 7.47. The van der Waals surface area contributed by atoms with Crippen molar-refractivity contribution >= 4 is 0 Å². The Labute approximate surface area is 121 Å². The quantitative estimate of drug-likeness (QED) is 0.867. The molecule has 2 unspecified atom stereocenters. The van der Waals surface area contributed by atoms with E-state index in [4.69, 9.17) is 9.47 Å². The zero-order chi connectivity index (χ0) is 14.4.